The summed E-state index contributed by atoms with van der Waals surface area (Å²) in [6.07, 6.45) is 2.93. The summed E-state index contributed by atoms with van der Waals surface area (Å²) in [5.74, 6) is 0. The second-order valence-electron chi connectivity index (χ2n) is 7.16. The molecule has 6 heteroatoms. The van der Waals surface area contributed by atoms with Crippen LogP contribution in [-0.2, 0) is 10.0 Å². The fraction of sp³-hybridized carbons (Fsp3) is 0.217. The van der Waals surface area contributed by atoms with Crippen molar-refractivity contribution in [2.75, 3.05) is 6.54 Å². The van der Waals surface area contributed by atoms with E-state index in [-0.39, 0.29) is 11.4 Å². The van der Waals surface area contributed by atoms with Gasteiger partial charge in [-0.1, -0.05) is 60.2 Å². The highest BCUT2D eigenvalue weighted by atomic mass is 32.2. The molecule has 0 aromatic heterocycles. The van der Waals surface area contributed by atoms with E-state index in [4.69, 9.17) is 0 Å². The van der Waals surface area contributed by atoms with Gasteiger partial charge in [-0.3, -0.25) is 0 Å². The molecular formula is C23H21N3O2S. The third-order valence-corrected chi connectivity index (χ3v) is 7.50. The van der Waals surface area contributed by atoms with Crippen LogP contribution in [0.5, 0.6) is 0 Å². The first kappa shape index (κ1) is 20.5. The summed E-state index contributed by atoms with van der Waals surface area (Å²) in [6.45, 7) is 9.39. The Morgan fingerprint density at radius 3 is 2.07 bits per heavy atom. The molecule has 3 rings (SSSR count). The number of rotatable bonds is 5. The lowest BCUT2D eigenvalue weighted by Gasteiger charge is -2.33. The van der Waals surface area contributed by atoms with Gasteiger partial charge in [0.25, 0.3) is 0 Å². The van der Waals surface area contributed by atoms with Crippen molar-refractivity contribution in [3.05, 3.63) is 91.0 Å². The molecule has 1 fully saturated rings. The highest BCUT2D eigenvalue weighted by molar-refractivity contribution is 7.89. The van der Waals surface area contributed by atoms with Crippen LogP contribution in [0.25, 0.3) is 0 Å². The Labute approximate surface area is 171 Å². The van der Waals surface area contributed by atoms with Gasteiger partial charge in [-0.15, -0.1) is 13.2 Å². The average molecular weight is 404 g/mol. The first-order valence-electron chi connectivity index (χ1n) is 9.05. The summed E-state index contributed by atoms with van der Waals surface area (Å²) in [5.41, 5.74) is -1.44. The van der Waals surface area contributed by atoms with Gasteiger partial charge in [-0.25, -0.2) is 8.42 Å². The Balaban J connectivity index is 2.32. The highest BCUT2D eigenvalue weighted by Crippen LogP contribution is 2.59. The van der Waals surface area contributed by atoms with Crippen LogP contribution in [0.4, 0.5) is 0 Å². The second-order valence-corrected chi connectivity index (χ2v) is 9.05. The van der Waals surface area contributed by atoms with Crippen molar-refractivity contribution in [3.8, 4) is 12.1 Å². The maximum atomic E-state index is 13.6. The van der Waals surface area contributed by atoms with Crippen LogP contribution >= 0.6 is 0 Å². The highest BCUT2D eigenvalue weighted by Gasteiger charge is 2.65. The van der Waals surface area contributed by atoms with Crippen LogP contribution in [0.15, 0.2) is 84.8 Å². The lowest BCUT2D eigenvalue weighted by Crippen LogP contribution is -2.38. The molecule has 1 aliphatic heterocycles. The summed E-state index contributed by atoms with van der Waals surface area (Å²) in [4.78, 5) is 0.109. The van der Waals surface area contributed by atoms with Crippen molar-refractivity contribution in [1.29, 1.82) is 10.5 Å². The maximum absolute atomic E-state index is 13.6. The van der Waals surface area contributed by atoms with Crippen molar-refractivity contribution in [2.24, 2.45) is 10.8 Å². The molecule has 2 aromatic rings. The molecular weight excluding hydrogens is 382 g/mol. The van der Waals surface area contributed by atoms with Crippen molar-refractivity contribution >= 4 is 10.0 Å². The number of hydrogen-bond donors (Lipinski definition) is 0. The van der Waals surface area contributed by atoms with Crippen LogP contribution in [0.1, 0.15) is 17.2 Å². The quantitative estimate of drug-likeness (QED) is 0.703. The molecule has 0 N–H and O–H groups in total. The third-order valence-electron chi connectivity index (χ3n) is 5.67. The predicted octanol–water partition coefficient (Wildman–Crippen LogP) is 4.13. The zero-order chi connectivity index (χ0) is 21.3. The van der Waals surface area contributed by atoms with E-state index in [1.807, 2.05) is 6.92 Å². The van der Waals surface area contributed by atoms with E-state index in [1.165, 1.54) is 28.6 Å². The molecule has 2 aromatic carbocycles. The molecule has 0 unspecified atom stereocenters. The summed E-state index contributed by atoms with van der Waals surface area (Å²) in [6, 6.07) is 18.5. The second kappa shape index (κ2) is 7.33. The normalized spacial score (nSPS) is 20.3. The fourth-order valence-corrected chi connectivity index (χ4v) is 5.65. The largest absolute Gasteiger partial charge is 0.243 e. The molecule has 0 radical (unpaired) electrons. The van der Waals surface area contributed by atoms with Gasteiger partial charge in [0.1, 0.15) is 0 Å². The van der Waals surface area contributed by atoms with Crippen LogP contribution in [0.3, 0.4) is 0 Å². The van der Waals surface area contributed by atoms with Gasteiger partial charge in [0, 0.05) is 6.54 Å². The van der Waals surface area contributed by atoms with Crippen LogP contribution in [0, 0.1) is 40.4 Å². The number of aryl methyl sites for hydroxylation is 1. The van der Waals surface area contributed by atoms with Gasteiger partial charge in [-0.2, -0.15) is 14.8 Å². The van der Waals surface area contributed by atoms with Crippen molar-refractivity contribution in [2.45, 2.75) is 17.9 Å². The molecule has 0 saturated carbocycles. The molecule has 5 nitrogen and oxygen atoms in total. The number of nitrogens with zero attached hydrogens (tertiary/aromatic N) is 3. The molecule has 146 valence electrons. The van der Waals surface area contributed by atoms with E-state index >= 15 is 0 Å². The lowest BCUT2D eigenvalue weighted by molar-refractivity contribution is 0.299. The Kier molecular flexibility index (Phi) is 5.19. The first-order chi connectivity index (χ1) is 13.8. The van der Waals surface area contributed by atoms with E-state index in [1.54, 1.807) is 42.5 Å². The van der Waals surface area contributed by atoms with Gasteiger partial charge < -0.3 is 0 Å². The van der Waals surface area contributed by atoms with E-state index in [9.17, 15) is 18.9 Å². The molecule has 29 heavy (non-hydrogen) atoms. The topological polar surface area (TPSA) is 85.0 Å². The molecule has 0 spiro atoms. The number of sulfonamides is 1. The Bertz CT molecular complexity index is 1100. The molecule has 1 aliphatic rings. The van der Waals surface area contributed by atoms with E-state index in [0.29, 0.717) is 5.56 Å². The Morgan fingerprint density at radius 2 is 1.59 bits per heavy atom. The minimum atomic E-state index is -4.00. The van der Waals surface area contributed by atoms with Crippen molar-refractivity contribution in [1.82, 2.24) is 4.31 Å². The molecule has 1 saturated heterocycles. The Hall–Kier alpha value is -3.19. The smallest absolute Gasteiger partial charge is 0.207 e. The van der Waals surface area contributed by atoms with Crippen LogP contribution < -0.4 is 0 Å². The molecule has 0 aliphatic carbocycles. The molecule has 1 heterocycles. The fourth-order valence-electron chi connectivity index (χ4n) is 3.96. The first-order valence-corrected chi connectivity index (χ1v) is 10.5. The summed E-state index contributed by atoms with van der Waals surface area (Å²) < 4.78 is 28.5. The standard InChI is InChI=1S/C23H21N3O2S/c1-4-22(5-2)17-26(29(27,28)20-13-11-18(3)12-14-20)21(23(22,15-24)16-25)19-9-7-6-8-10-19/h4-14,21H,1-2,17H2,3H3/t21-/m1/s1. The van der Waals surface area contributed by atoms with E-state index < -0.39 is 26.9 Å². The molecule has 1 atom stereocenters. The number of benzene rings is 2. The zero-order valence-corrected chi connectivity index (χ0v) is 16.9. The van der Waals surface area contributed by atoms with Gasteiger partial charge in [0.2, 0.25) is 10.0 Å². The predicted molar refractivity (Wildman–Crippen MR) is 111 cm³/mol. The number of nitriles is 2. The van der Waals surface area contributed by atoms with Crippen LogP contribution in [-0.4, -0.2) is 19.3 Å². The molecule has 0 bridgehead atoms. The van der Waals surface area contributed by atoms with Crippen molar-refractivity contribution in [3.63, 3.8) is 0 Å². The minimum absolute atomic E-state index is 0.100. The summed E-state index contributed by atoms with van der Waals surface area (Å²) in [5, 5.41) is 20.3. The maximum Gasteiger partial charge on any atom is 0.243 e. The van der Waals surface area contributed by atoms with Crippen LogP contribution in [0.2, 0.25) is 0 Å². The van der Waals surface area contributed by atoms with Gasteiger partial charge >= 0.3 is 0 Å². The molecule has 0 amide bonds. The summed E-state index contributed by atoms with van der Waals surface area (Å²) >= 11 is 0. The lowest BCUT2D eigenvalue weighted by atomic mass is 9.63. The van der Waals surface area contributed by atoms with Gasteiger partial charge in [0.15, 0.2) is 5.41 Å². The summed E-state index contributed by atoms with van der Waals surface area (Å²) in [7, 11) is -4.00. The van der Waals surface area contributed by atoms with Crippen molar-refractivity contribution < 1.29 is 8.42 Å². The number of hydrogen-bond acceptors (Lipinski definition) is 4. The zero-order valence-electron chi connectivity index (χ0n) is 16.1. The third kappa shape index (κ3) is 2.89. The minimum Gasteiger partial charge on any atom is -0.207 e. The van der Waals surface area contributed by atoms with Gasteiger partial charge in [0.05, 0.1) is 28.5 Å². The Morgan fingerprint density at radius 1 is 1.03 bits per heavy atom. The van der Waals surface area contributed by atoms with E-state index in [0.717, 1.165) is 5.56 Å². The monoisotopic (exact) mass is 403 g/mol. The average Bonchev–Trinajstić information content (AvgIpc) is 3.06. The van der Waals surface area contributed by atoms with Gasteiger partial charge in [-0.05, 0) is 24.6 Å². The van der Waals surface area contributed by atoms with E-state index in [2.05, 4.69) is 25.3 Å². The SMILES string of the molecule is C=CC1(C=C)CN(S(=O)(=O)c2ccc(C)cc2)[C@H](c2ccccc2)C1(C#N)C#N.